The van der Waals surface area contributed by atoms with Crippen LogP contribution in [0.4, 0.5) is 0 Å². The Hall–Kier alpha value is -2.90. The van der Waals surface area contributed by atoms with Crippen LogP contribution >= 0.6 is 0 Å². The molecule has 142 valence electrons. The van der Waals surface area contributed by atoms with Crippen molar-refractivity contribution in [1.82, 2.24) is 0 Å². The molecule has 1 aromatic rings. The van der Waals surface area contributed by atoms with Gasteiger partial charge in [0, 0.05) is 27.7 Å². The van der Waals surface area contributed by atoms with Gasteiger partial charge in [0.15, 0.2) is 0 Å². The first-order valence-electron chi connectivity index (χ1n) is 7.86. The summed E-state index contributed by atoms with van der Waals surface area (Å²) in [6.07, 6.45) is 0. The second-order valence-electron chi connectivity index (χ2n) is 5.51. The lowest BCUT2D eigenvalue weighted by molar-refractivity contribution is -0.144. The Balaban J connectivity index is 3.22. The van der Waals surface area contributed by atoms with Crippen molar-refractivity contribution in [2.75, 3.05) is 0 Å². The summed E-state index contributed by atoms with van der Waals surface area (Å²) in [7, 11) is 0. The first kappa shape index (κ1) is 21.1. The van der Waals surface area contributed by atoms with Crippen LogP contribution in [0.3, 0.4) is 0 Å². The number of hydrogen-bond acceptors (Lipinski definition) is 8. The van der Waals surface area contributed by atoms with Crippen LogP contribution in [0.5, 0.6) is 0 Å². The van der Waals surface area contributed by atoms with Crippen molar-refractivity contribution in [3.8, 4) is 0 Å². The van der Waals surface area contributed by atoms with E-state index in [1.54, 1.807) is 12.1 Å². The van der Waals surface area contributed by atoms with E-state index in [9.17, 15) is 19.2 Å². The molecule has 0 saturated heterocycles. The number of rotatable bonds is 8. The van der Waals surface area contributed by atoms with Gasteiger partial charge in [-0.3, -0.25) is 19.2 Å². The zero-order valence-corrected chi connectivity index (χ0v) is 15.2. The molecule has 0 radical (unpaired) electrons. The van der Waals surface area contributed by atoms with Crippen molar-refractivity contribution in [2.24, 2.45) is 0 Å². The molecule has 0 N–H and O–H groups in total. The second kappa shape index (κ2) is 10.2. The second-order valence-corrected chi connectivity index (χ2v) is 5.51. The minimum atomic E-state index is -0.464. The Morgan fingerprint density at radius 3 is 0.885 bits per heavy atom. The minimum Gasteiger partial charge on any atom is -0.461 e. The highest BCUT2D eigenvalue weighted by molar-refractivity contribution is 5.67. The number of carbonyl (C=O) groups is 4. The summed E-state index contributed by atoms with van der Waals surface area (Å²) >= 11 is 0. The van der Waals surface area contributed by atoms with E-state index in [-0.39, 0.29) is 26.4 Å². The molecule has 0 aliphatic rings. The highest BCUT2D eigenvalue weighted by atomic mass is 16.5. The van der Waals surface area contributed by atoms with E-state index in [0.29, 0.717) is 22.3 Å². The third-order valence-corrected chi connectivity index (χ3v) is 3.25. The Morgan fingerprint density at radius 2 is 0.731 bits per heavy atom. The van der Waals surface area contributed by atoms with Crippen molar-refractivity contribution >= 4 is 23.9 Å². The average molecular weight is 366 g/mol. The Morgan fingerprint density at radius 1 is 0.538 bits per heavy atom. The van der Waals surface area contributed by atoms with Crippen LogP contribution in [0.2, 0.25) is 0 Å². The third-order valence-electron chi connectivity index (χ3n) is 3.25. The van der Waals surface area contributed by atoms with E-state index in [1.807, 2.05) is 0 Å². The van der Waals surface area contributed by atoms with E-state index in [2.05, 4.69) is 0 Å². The molecule has 0 aliphatic heterocycles. The van der Waals surface area contributed by atoms with Crippen LogP contribution in [0, 0.1) is 0 Å². The molecule has 8 heteroatoms. The summed E-state index contributed by atoms with van der Waals surface area (Å²) in [5.74, 6) is -1.86. The Kier molecular flexibility index (Phi) is 8.27. The largest absolute Gasteiger partial charge is 0.461 e. The molecule has 0 saturated carbocycles. The number of ether oxygens (including phenoxy) is 4. The fraction of sp³-hybridized carbons (Fsp3) is 0.444. The predicted molar refractivity (Wildman–Crippen MR) is 88.3 cm³/mol. The molecule has 0 spiro atoms. The van der Waals surface area contributed by atoms with Gasteiger partial charge in [0.25, 0.3) is 0 Å². The molecule has 1 rings (SSSR count). The van der Waals surface area contributed by atoms with Crippen LogP contribution in [0.15, 0.2) is 12.1 Å². The standard InChI is InChI=1S/C18H22O8/c1-11(19)23-7-15-5-17(9-25-13(3)21)18(10-26-14(4)22)6-16(15)8-24-12(2)20/h5-6H,7-10H2,1-4H3. The van der Waals surface area contributed by atoms with Crippen molar-refractivity contribution in [3.05, 3.63) is 34.4 Å². The zero-order chi connectivity index (χ0) is 19.7. The van der Waals surface area contributed by atoms with Gasteiger partial charge >= 0.3 is 23.9 Å². The summed E-state index contributed by atoms with van der Waals surface area (Å²) < 4.78 is 20.1. The van der Waals surface area contributed by atoms with Crippen molar-refractivity contribution < 1.29 is 38.1 Å². The maximum Gasteiger partial charge on any atom is 0.302 e. The fourth-order valence-electron chi connectivity index (χ4n) is 2.05. The van der Waals surface area contributed by atoms with Gasteiger partial charge in [-0.25, -0.2) is 0 Å². The Bertz CT molecular complexity index is 578. The molecule has 0 atom stereocenters. The van der Waals surface area contributed by atoms with Gasteiger partial charge in [0.1, 0.15) is 26.4 Å². The molecule has 0 aliphatic carbocycles. The lowest BCUT2D eigenvalue weighted by Crippen LogP contribution is -2.11. The fourth-order valence-corrected chi connectivity index (χ4v) is 2.05. The molecule has 0 fully saturated rings. The van der Waals surface area contributed by atoms with Gasteiger partial charge < -0.3 is 18.9 Å². The van der Waals surface area contributed by atoms with Gasteiger partial charge in [-0.15, -0.1) is 0 Å². The zero-order valence-electron chi connectivity index (χ0n) is 15.2. The van der Waals surface area contributed by atoms with Crippen LogP contribution in [0.1, 0.15) is 49.9 Å². The molecular weight excluding hydrogens is 344 g/mol. The minimum absolute atomic E-state index is 0.0349. The van der Waals surface area contributed by atoms with Gasteiger partial charge in [-0.05, 0) is 34.4 Å². The van der Waals surface area contributed by atoms with E-state index in [0.717, 1.165) is 0 Å². The summed E-state index contributed by atoms with van der Waals surface area (Å²) in [5, 5.41) is 0. The number of benzene rings is 1. The first-order valence-corrected chi connectivity index (χ1v) is 7.86. The smallest absolute Gasteiger partial charge is 0.302 e. The highest BCUT2D eigenvalue weighted by Crippen LogP contribution is 2.22. The molecule has 1 aromatic carbocycles. The maximum atomic E-state index is 11.1. The predicted octanol–water partition coefficient (Wildman–Crippen LogP) is 1.94. The van der Waals surface area contributed by atoms with Crippen molar-refractivity contribution in [1.29, 1.82) is 0 Å². The highest BCUT2D eigenvalue weighted by Gasteiger charge is 2.14. The van der Waals surface area contributed by atoms with Crippen LogP contribution in [-0.2, 0) is 64.6 Å². The Labute approximate surface area is 151 Å². The molecule has 26 heavy (non-hydrogen) atoms. The number of esters is 4. The number of hydrogen-bond donors (Lipinski definition) is 0. The summed E-state index contributed by atoms with van der Waals surface area (Å²) in [4.78, 5) is 44.4. The van der Waals surface area contributed by atoms with E-state index >= 15 is 0 Å². The lowest BCUT2D eigenvalue weighted by atomic mass is 9.99. The number of carbonyl (C=O) groups excluding carboxylic acids is 4. The van der Waals surface area contributed by atoms with Gasteiger partial charge in [-0.1, -0.05) is 0 Å². The molecule has 0 amide bonds. The molecule has 0 heterocycles. The first-order chi connectivity index (χ1) is 12.2. The van der Waals surface area contributed by atoms with Crippen molar-refractivity contribution in [3.63, 3.8) is 0 Å². The molecule has 0 aromatic heterocycles. The van der Waals surface area contributed by atoms with E-state index in [4.69, 9.17) is 18.9 Å². The average Bonchev–Trinajstić information content (AvgIpc) is 2.54. The third kappa shape index (κ3) is 7.78. The molecular formula is C18H22O8. The van der Waals surface area contributed by atoms with Gasteiger partial charge in [0.05, 0.1) is 0 Å². The van der Waals surface area contributed by atoms with Crippen LogP contribution in [-0.4, -0.2) is 23.9 Å². The van der Waals surface area contributed by atoms with Crippen LogP contribution in [0.25, 0.3) is 0 Å². The maximum absolute atomic E-state index is 11.1. The molecule has 0 bridgehead atoms. The molecule has 0 unspecified atom stereocenters. The summed E-state index contributed by atoms with van der Waals surface area (Å²) in [6, 6.07) is 3.34. The summed E-state index contributed by atoms with van der Waals surface area (Å²) in [5.41, 5.74) is 2.37. The lowest BCUT2D eigenvalue weighted by Gasteiger charge is -2.16. The normalized spacial score (nSPS) is 10.0. The van der Waals surface area contributed by atoms with E-state index in [1.165, 1.54) is 27.7 Å². The summed E-state index contributed by atoms with van der Waals surface area (Å²) in [6.45, 7) is 4.97. The van der Waals surface area contributed by atoms with Crippen LogP contribution < -0.4 is 0 Å². The van der Waals surface area contributed by atoms with Gasteiger partial charge in [0.2, 0.25) is 0 Å². The van der Waals surface area contributed by atoms with E-state index < -0.39 is 23.9 Å². The monoisotopic (exact) mass is 366 g/mol. The quantitative estimate of drug-likeness (QED) is 0.508. The topological polar surface area (TPSA) is 105 Å². The SMILES string of the molecule is CC(=O)OCc1cc(COC(C)=O)c(COC(C)=O)cc1COC(C)=O. The molecule has 8 nitrogen and oxygen atoms in total. The van der Waals surface area contributed by atoms with Crippen molar-refractivity contribution in [2.45, 2.75) is 54.1 Å². The van der Waals surface area contributed by atoms with Gasteiger partial charge in [-0.2, -0.15) is 0 Å².